The molecular formula is C20H23N3O3S. The first kappa shape index (κ1) is 18.1. The van der Waals surface area contributed by atoms with E-state index in [1.807, 2.05) is 47.1 Å². The number of nitrogens with zero attached hydrogens (tertiary/aromatic N) is 3. The lowest BCUT2D eigenvalue weighted by Crippen LogP contribution is -2.67. The number of rotatable bonds is 3. The van der Waals surface area contributed by atoms with E-state index in [4.69, 9.17) is 4.74 Å². The van der Waals surface area contributed by atoms with Crippen molar-refractivity contribution in [2.24, 2.45) is 0 Å². The van der Waals surface area contributed by atoms with E-state index in [0.29, 0.717) is 30.9 Å². The molecular weight excluding hydrogens is 362 g/mol. The molecule has 1 aromatic carbocycles. The summed E-state index contributed by atoms with van der Waals surface area (Å²) in [5.41, 5.74) is 3.11. The quantitative estimate of drug-likeness (QED) is 0.814. The Morgan fingerprint density at radius 2 is 2.15 bits per heavy atom. The third-order valence-electron chi connectivity index (χ3n) is 5.62. The highest BCUT2D eigenvalue weighted by molar-refractivity contribution is 7.11. The van der Waals surface area contributed by atoms with Crippen LogP contribution in [0.2, 0.25) is 0 Å². The van der Waals surface area contributed by atoms with Crippen LogP contribution < -0.4 is 0 Å². The summed E-state index contributed by atoms with van der Waals surface area (Å²) in [4.78, 5) is 34.2. The molecule has 2 atom stereocenters. The topological polar surface area (TPSA) is 62.7 Å². The minimum Gasteiger partial charge on any atom is -0.363 e. The van der Waals surface area contributed by atoms with E-state index in [0.717, 1.165) is 11.3 Å². The molecule has 0 N–H and O–H groups in total. The van der Waals surface area contributed by atoms with Gasteiger partial charge in [0.25, 0.3) is 5.91 Å². The Kier molecular flexibility index (Phi) is 4.74. The van der Waals surface area contributed by atoms with Crippen molar-refractivity contribution >= 4 is 23.2 Å². The van der Waals surface area contributed by atoms with Crippen LogP contribution in [0.5, 0.6) is 0 Å². The van der Waals surface area contributed by atoms with Crippen molar-refractivity contribution in [3.63, 3.8) is 0 Å². The fourth-order valence-electron chi connectivity index (χ4n) is 3.91. The van der Waals surface area contributed by atoms with Crippen LogP contribution >= 0.6 is 11.3 Å². The molecule has 2 aliphatic heterocycles. The number of benzene rings is 1. The monoisotopic (exact) mass is 385 g/mol. The molecule has 7 heteroatoms. The van der Waals surface area contributed by atoms with E-state index in [-0.39, 0.29) is 24.5 Å². The number of likely N-dealkylation sites (tertiary alicyclic amines) is 1. The molecule has 2 aromatic rings. The van der Waals surface area contributed by atoms with E-state index < -0.39 is 5.60 Å². The van der Waals surface area contributed by atoms with Crippen LogP contribution in [0.1, 0.15) is 34.3 Å². The number of piperidine rings is 1. The van der Waals surface area contributed by atoms with Crippen LogP contribution in [-0.4, -0.2) is 57.9 Å². The van der Waals surface area contributed by atoms with Gasteiger partial charge < -0.3 is 14.5 Å². The SMILES string of the molecule is Cc1ncsc1C(=O)N1CC[C@@]2(C)OCC(=O)N(Cc3ccccc3)[C@@H]2C1. The molecule has 3 heterocycles. The zero-order valence-corrected chi connectivity index (χ0v) is 16.4. The molecule has 2 saturated heterocycles. The second-order valence-electron chi connectivity index (χ2n) is 7.39. The second-order valence-corrected chi connectivity index (χ2v) is 8.25. The van der Waals surface area contributed by atoms with E-state index in [9.17, 15) is 9.59 Å². The van der Waals surface area contributed by atoms with Gasteiger partial charge in [-0.15, -0.1) is 11.3 Å². The van der Waals surface area contributed by atoms with Crippen LogP contribution in [0.15, 0.2) is 35.8 Å². The van der Waals surface area contributed by atoms with Crippen molar-refractivity contribution < 1.29 is 14.3 Å². The molecule has 0 radical (unpaired) electrons. The summed E-state index contributed by atoms with van der Waals surface area (Å²) in [6, 6.07) is 9.79. The summed E-state index contributed by atoms with van der Waals surface area (Å²) >= 11 is 1.37. The average molecular weight is 385 g/mol. The molecule has 0 aliphatic carbocycles. The minimum absolute atomic E-state index is 0.00488. The van der Waals surface area contributed by atoms with Gasteiger partial charge in [-0.2, -0.15) is 0 Å². The third kappa shape index (κ3) is 3.37. The number of carbonyl (C=O) groups excluding carboxylic acids is 2. The molecule has 2 fully saturated rings. The van der Waals surface area contributed by atoms with Crippen molar-refractivity contribution in [3.05, 3.63) is 52.0 Å². The summed E-state index contributed by atoms with van der Waals surface area (Å²) in [6.45, 7) is 5.64. The first-order valence-corrected chi connectivity index (χ1v) is 10.0. The number of morpholine rings is 1. The van der Waals surface area contributed by atoms with E-state index >= 15 is 0 Å². The van der Waals surface area contributed by atoms with Crippen molar-refractivity contribution in [2.75, 3.05) is 19.7 Å². The number of aryl methyl sites for hydroxylation is 1. The van der Waals surface area contributed by atoms with Gasteiger partial charge >= 0.3 is 0 Å². The highest BCUT2D eigenvalue weighted by atomic mass is 32.1. The Bertz CT molecular complexity index is 853. The largest absolute Gasteiger partial charge is 0.363 e. The fourth-order valence-corrected chi connectivity index (χ4v) is 4.68. The Balaban J connectivity index is 1.59. The highest BCUT2D eigenvalue weighted by Gasteiger charge is 2.49. The first-order valence-electron chi connectivity index (χ1n) is 9.15. The zero-order chi connectivity index (χ0) is 19.0. The van der Waals surface area contributed by atoms with Gasteiger partial charge in [-0.05, 0) is 25.8 Å². The fraction of sp³-hybridized carbons (Fsp3) is 0.450. The van der Waals surface area contributed by atoms with E-state index in [1.54, 1.807) is 5.51 Å². The van der Waals surface area contributed by atoms with Crippen LogP contribution in [0.25, 0.3) is 0 Å². The number of aromatic nitrogens is 1. The normalized spacial score (nSPS) is 25.4. The van der Waals surface area contributed by atoms with Crippen molar-refractivity contribution in [1.29, 1.82) is 0 Å². The molecule has 6 nitrogen and oxygen atoms in total. The van der Waals surface area contributed by atoms with Crippen molar-refractivity contribution in [3.8, 4) is 0 Å². The number of carbonyl (C=O) groups is 2. The van der Waals surface area contributed by atoms with Crippen LogP contribution in [0.4, 0.5) is 0 Å². The standard InChI is InChI=1S/C20H23N3O3S/c1-14-18(27-13-21-14)19(25)22-9-8-20(2)16(11-22)23(17(24)12-26-20)10-15-6-4-3-5-7-15/h3-7,13,16H,8-12H2,1-2H3/t16-,20-/m1/s1. The predicted molar refractivity (Wildman–Crippen MR) is 103 cm³/mol. The summed E-state index contributed by atoms with van der Waals surface area (Å²) in [5.74, 6) is -0.0284. The van der Waals surface area contributed by atoms with Crippen LogP contribution in [0, 0.1) is 6.92 Å². The molecule has 27 heavy (non-hydrogen) atoms. The summed E-state index contributed by atoms with van der Waals surface area (Å²) in [6.07, 6.45) is 0.708. The Labute approximate surface area is 162 Å². The Hall–Kier alpha value is -2.25. The Morgan fingerprint density at radius 1 is 1.37 bits per heavy atom. The van der Waals surface area contributed by atoms with E-state index in [2.05, 4.69) is 11.9 Å². The number of fused-ring (bicyclic) bond motifs is 1. The number of amides is 2. The van der Waals surface area contributed by atoms with Crippen molar-refractivity contribution in [1.82, 2.24) is 14.8 Å². The maximum atomic E-state index is 13.0. The summed E-state index contributed by atoms with van der Waals surface area (Å²) in [7, 11) is 0. The highest BCUT2D eigenvalue weighted by Crippen LogP contribution is 2.35. The smallest absolute Gasteiger partial charge is 0.265 e. The Morgan fingerprint density at radius 3 is 2.85 bits per heavy atom. The van der Waals surface area contributed by atoms with Gasteiger partial charge in [0.15, 0.2) is 0 Å². The number of ether oxygens (including phenoxy) is 1. The zero-order valence-electron chi connectivity index (χ0n) is 15.6. The maximum Gasteiger partial charge on any atom is 0.265 e. The first-order chi connectivity index (χ1) is 13.0. The van der Waals surface area contributed by atoms with Gasteiger partial charge in [0.2, 0.25) is 5.91 Å². The number of hydrogen-bond donors (Lipinski definition) is 0. The molecule has 2 aliphatic rings. The summed E-state index contributed by atoms with van der Waals surface area (Å²) < 4.78 is 5.95. The van der Waals surface area contributed by atoms with Gasteiger partial charge in [0.1, 0.15) is 11.5 Å². The molecule has 0 unspecified atom stereocenters. The molecule has 142 valence electrons. The molecule has 4 rings (SSSR count). The van der Waals surface area contributed by atoms with Crippen molar-refractivity contribution in [2.45, 2.75) is 38.5 Å². The predicted octanol–water partition coefficient (Wildman–Crippen LogP) is 2.48. The van der Waals surface area contributed by atoms with Crippen LogP contribution in [0.3, 0.4) is 0 Å². The van der Waals surface area contributed by atoms with Crippen LogP contribution in [-0.2, 0) is 16.1 Å². The second kappa shape index (κ2) is 7.05. The average Bonchev–Trinajstić information content (AvgIpc) is 3.10. The molecule has 0 bridgehead atoms. The van der Waals surface area contributed by atoms with Gasteiger partial charge in [-0.25, -0.2) is 4.98 Å². The van der Waals surface area contributed by atoms with Gasteiger partial charge in [-0.1, -0.05) is 30.3 Å². The lowest BCUT2D eigenvalue weighted by molar-refractivity contribution is -0.186. The molecule has 1 aromatic heterocycles. The lowest BCUT2D eigenvalue weighted by Gasteiger charge is -2.52. The minimum atomic E-state index is -0.428. The lowest BCUT2D eigenvalue weighted by atomic mass is 9.85. The number of thiazole rings is 1. The number of hydrogen-bond acceptors (Lipinski definition) is 5. The molecule has 2 amide bonds. The van der Waals surface area contributed by atoms with E-state index in [1.165, 1.54) is 11.3 Å². The van der Waals surface area contributed by atoms with Gasteiger partial charge in [0, 0.05) is 19.6 Å². The molecule has 0 spiro atoms. The third-order valence-corrected chi connectivity index (χ3v) is 6.54. The molecule has 0 saturated carbocycles. The summed E-state index contributed by atoms with van der Waals surface area (Å²) in [5, 5.41) is 0. The van der Waals surface area contributed by atoms with Gasteiger partial charge in [0.05, 0.1) is 22.8 Å². The maximum absolute atomic E-state index is 13.0. The van der Waals surface area contributed by atoms with Gasteiger partial charge in [-0.3, -0.25) is 9.59 Å².